The largest absolute Gasteiger partial charge is 0.325 e. The fraction of sp³-hybridized carbons (Fsp3) is 0.533. The van der Waals surface area contributed by atoms with Gasteiger partial charge in [-0.1, -0.05) is 25.1 Å². The number of benzene rings is 1. The van der Waals surface area contributed by atoms with Gasteiger partial charge in [-0.05, 0) is 38.6 Å². The number of hydrogen-bond donors (Lipinski definition) is 2. The fourth-order valence-corrected chi connectivity index (χ4v) is 2.69. The van der Waals surface area contributed by atoms with E-state index >= 15 is 0 Å². The molecule has 2 atom stereocenters. The lowest BCUT2D eigenvalue weighted by atomic mass is 10.1. The molecule has 0 saturated carbocycles. The van der Waals surface area contributed by atoms with E-state index in [9.17, 15) is 4.79 Å². The number of rotatable bonds is 5. The molecule has 1 saturated heterocycles. The molecule has 1 aromatic carbocycles. The van der Waals surface area contributed by atoms with Crippen LogP contribution in [0, 0.1) is 0 Å². The zero-order valence-electron chi connectivity index (χ0n) is 11.7. The Balaban J connectivity index is 1.97. The highest BCUT2D eigenvalue weighted by Crippen LogP contribution is 2.14. The topological polar surface area (TPSA) is 44.4 Å². The van der Waals surface area contributed by atoms with Crippen molar-refractivity contribution in [2.45, 2.75) is 32.4 Å². The van der Waals surface area contributed by atoms with Crippen LogP contribution in [0.4, 0.5) is 5.69 Å². The van der Waals surface area contributed by atoms with Gasteiger partial charge in [0.2, 0.25) is 5.91 Å². The quantitative estimate of drug-likeness (QED) is 0.848. The number of nitrogens with one attached hydrogen (secondary N) is 2. The molecule has 19 heavy (non-hydrogen) atoms. The Morgan fingerprint density at radius 1 is 1.47 bits per heavy atom. The summed E-state index contributed by atoms with van der Waals surface area (Å²) in [5, 5.41) is 6.34. The van der Waals surface area contributed by atoms with Gasteiger partial charge in [0.25, 0.3) is 0 Å². The summed E-state index contributed by atoms with van der Waals surface area (Å²) >= 11 is 0. The Bertz CT molecular complexity index is 401. The maximum atomic E-state index is 12.3. The highest BCUT2D eigenvalue weighted by molar-refractivity contribution is 5.94. The Labute approximate surface area is 115 Å². The summed E-state index contributed by atoms with van der Waals surface area (Å²) in [6, 6.07) is 10.0. The number of anilines is 1. The molecule has 0 bridgehead atoms. The number of carbonyl (C=O) groups is 1. The Morgan fingerprint density at radius 3 is 2.79 bits per heavy atom. The van der Waals surface area contributed by atoms with E-state index in [1.165, 1.54) is 0 Å². The van der Waals surface area contributed by atoms with Crippen molar-refractivity contribution in [1.29, 1.82) is 0 Å². The molecular formula is C15H23N3O. The summed E-state index contributed by atoms with van der Waals surface area (Å²) in [6.45, 7) is 7.03. The molecule has 1 amide bonds. The smallest absolute Gasteiger partial charge is 0.241 e. The van der Waals surface area contributed by atoms with E-state index in [1.54, 1.807) is 0 Å². The van der Waals surface area contributed by atoms with Crippen LogP contribution in [0.25, 0.3) is 0 Å². The molecule has 1 heterocycles. The second kappa shape index (κ2) is 6.68. The summed E-state index contributed by atoms with van der Waals surface area (Å²) in [4.78, 5) is 14.6. The van der Waals surface area contributed by atoms with Gasteiger partial charge in [0.1, 0.15) is 0 Å². The Kier molecular flexibility index (Phi) is 4.93. The molecule has 2 rings (SSSR count). The summed E-state index contributed by atoms with van der Waals surface area (Å²) in [6.07, 6.45) is 1.12. The molecule has 2 N–H and O–H groups in total. The zero-order chi connectivity index (χ0) is 13.7. The maximum Gasteiger partial charge on any atom is 0.241 e. The lowest BCUT2D eigenvalue weighted by Gasteiger charge is -2.32. The van der Waals surface area contributed by atoms with Crippen molar-refractivity contribution in [3.63, 3.8) is 0 Å². The first-order chi connectivity index (χ1) is 9.22. The second-order valence-electron chi connectivity index (χ2n) is 5.01. The van der Waals surface area contributed by atoms with Gasteiger partial charge in [0.05, 0.1) is 6.04 Å². The zero-order valence-corrected chi connectivity index (χ0v) is 11.7. The number of hydrogen-bond acceptors (Lipinski definition) is 3. The predicted molar refractivity (Wildman–Crippen MR) is 78.2 cm³/mol. The monoisotopic (exact) mass is 261 g/mol. The average Bonchev–Trinajstić information content (AvgIpc) is 2.94. The van der Waals surface area contributed by atoms with Crippen LogP contribution in [0.2, 0.25) is 0 Å². The van der Waals surface area contributed by atoms with Crippen LogP contribution < -0.4 is 10.6 Å². The molecular weight excluding hydrogens is 238 g/mol. The van der Waals surface area contributed by atoms with E-state index in [0.717, 1.165) is 31.7 Å². The second-order valence-corrected chi connectivity index (χ2v) is 5.01. The van der Waals surface area contributed by atoms with Gasteiger partial charge in [-0.2, -0.15) is 0 Å². The normalized spacial score (nSPS) is 20.5. The van der Waals surface area contributed by atoms with Crippen molar-refractivity contribution in [1.82, 2.24) is 10.2 Å². The molecule has 1 aliphatic rings. The van der Waals surface area contributed by atoms with Crippen molar-refractivity contribution in [2.75, 3.05) is 25.0 Å². The molecule has 1 aliphatic heterocycles. The molecule has 0 aromatic heterocycles. The van der Waals surface area contributed by atoms with Crippen molar-refractivity contribution in [3.05, 3.63) is 30.3 Å². The van der Waals surface area contributed by atoms with Crippen LogP contribution in [-0.2, 0) is 4.79 Å². The molecule has 1 fully saturated rings. The van der Waals surface area contributed by atoms with Crippen molar-refractivity contribution >= 4 is 11.6 Å². The van der Waals surface area contributed by atoms with E-state index < -0.39 is 0 Å². The third-order valence-corrected chi connectivity index (χ3v) is 3.79. The van der Waals surface area contributed by atoms with Gasteiger partial charge in [-0.3, -0.25) is 9.69 Å². The molecule has 0 aliphatic carbocycles. The summed E-state index contributed by atoms with van der Waals surface area (Å²) < 4.78 is 0. The molecule has 0 spiro atoms. The highest BCUT2D eigenvalue weighted by atomic mass is 16.2. The first-order valence-electron chi connectivity index (χ1n) is 7.04. The summed E-state index contributed by atoms with van der Waals surface area (Å²) in [5.74, 6) is 0.0694. The van der Waals surface area contributed by atoms with Gasteiger partial charge in [-0.25, -0.2) is 0 Å². The molecule has 2 unspecified atom stereocenters. The van der Waals surface area contributed by atoms with E-state index in [4.69, 9.17) is 0 Å². The van der Waals surface area contributed by atoms with Gasteiger partial charge in [0.15, 0.2) is 0 Å². The standard InChI is InChI=1S/C15H23N3O/c1-3-18(14-9-10-16-11-14)12(2)15(19)17-13-7-5-4-6-8-13/h4-8,12,14,16H,3,9-11H2,1-2H3,(H,17,19). The van der Waals surface area contributed by atoms with E-state index in [0.29, 0.717) is 6.04 Å². The van der Waals surface area contributed by atoms with Crippen LogP contribution in [0.3, 0.4) is 0 Å². The van der Waals surface area contributed by atoms with Crippen LogP contribution >= 0.6 is 0 Å². The van der Waals surface area contributed by atoms with Crippen LogP contribution in [0.15, 0.2) is 30.3 Å². The third-order valence-electron chi connectivity index (χ3n) is 3.79. The van der Waals surface area contributed by atoms with Gasteiger partial charge >= 0.3 is 0 Å². The minimum absolute atomic E-state index is 0.0694. The van der Waals surface area contributed by atoms with Crippen LogP contribution in [-0.4, -0.2) is 42.5 Å². The lowest BCUT2D eigenvalue weighted by molar-refractivity contribution is -0.121. The van der Waals surface area contributed by atoms with Crippen LogP contribution in [0.1, 0.15) is 20.3 Å². The Morgan fingerprint density at radius 2 is 2.21 bits per heavy atom. The van der Waals surface area contributed by atoms with Crippen LogP contribution in [0.5, 0.6) is 0 Å². The lowest BCUT2D eigenvalue weighted by Crippen LogP contribution is -2.48. The molecule has 4 nitrogen and oxygen atoms in total. The first-order valence-corrected chi connectivity index (χ1v) is 7.04. The number of likely N-dealkylation sites (N-methyl/N-ethyl adjacent to an activating group) is 1. The Hall–Kier alpha value is -1.39. The first kappa shape index (κ1) is 14.0. The number of para-hydroxylation sites is 1. The maximum absolute atomic E-state index is 12.3. The number of nitrogens with zero attached hydrogens (tertiary/aromatic N) is 1. The minimum Gasteiger partial charge on any atom is -0.325 e. The third kappa shape index (κ3) is 3.55. The van der Waals surface area contributed by atoms with Gasteiger partial charge in [-0.15, -0.1) is 0 Å². The highest BCUT2D eigenvalue weighted by Gasteiger charge is 2.28. The average molecular weight is 261 g/mol. The van der Waals surface area contributed by atoms with Gasteiger partial charge in [0, 0.05) is 18.3 Å². The molecule has 4 heteroatoms. The molecule has 1 aromatic rings. The fourth-order valence-electron chi connectivity index (χ4n) is 2.69. The number of amides is 1. The summed E-state index contributed by atoms with van der Waals surface area (Å²) in [7, 11) is 0. The van der Waals surface area contributed by atoms with Crippen molar-refractivity contribution in [3.8, 4) is 0 Å². The SMILES string of the molecule is CCN(C1CCNC1)C(C)C(=O)Nc1ccccc1. The van der Waals surface area contributed by atoms with E-state index in [2.05, 4.69) is 22.5 Å². The predicted octanol–water partition coefficient (Wildman–Crippen LogP) is 1.70. The van der Waals surface area contributed by atoms with Gasteiger partial charge < -0.3 is 10.6 Å². The van der Waals surface area contributed by atoms with E-state index in [1.807, 2.05) is 37.3 Å². The molecule has 0 radical (unpaired) electrons. The van der Waals surface area contributed by atoms with E-state index in [-0.39, 0.29) is 11.9 Å². The minimum atomic E-state index is -0.102. The molecule has 104 valence electrons. The number of carbonyl (C=O) groups excluding carboxylic acids is 1. The summed E-state index contributed by atoms with van der Waals surface area (Å²) in [5.41, 5.74) is 0.861. The van der Waals surface area contributed by atoms with Crippen molar-refractivity contribution in [2.24, 2.45) is 0 Å². The van der Waals surface area contributed by atoms with Crippen molar-refractivity contribution < 1.29 is 4.79 Å².